The summed E-state index contributed by atoms with van der Waals surface area (Å²) in [7, 11) is -1.97. The van der Waals surface area contributed by atoms with Crippen molar-refractivity contribution in [2.45, 2.75) is 20.3 Å². The molecule has 7 heteroatoms. The van der Waals surface area contributed by atoms with E-state index in [1.165, 1.54) is 0 Å². The zero-order chi connectivity index (χ0) is 20.0. The van der Waals surface area contributed by atoms with Crippen LogP contribution in [0.5, 0.6) is 5.75 Å². The molecule has 0 spiro atoms. The first-order chi connectivity index (χ1) is 12.7. The van der Waals surface area contributed by atoms with Crippen LogP contribution in [-0.4, -0.2) is 40.8 Å². The quantitative estimate of drug-likeness (QED) is 0.751. The highest BCUT2D eigenvalue weighted by molar-refractivity contribution is 7.92. The van der Waals surface area contributed by atoms with Crippen molar-refractivity contribution in [3.05, 3.63) is 59.2 Å². The molecule has 2 aromatic rings. The molecule has 0 unspecified atom stereocenters. The van der Waals surface area contributed by atoms with Crippen LogP contribution in [0.3, 0.4) is 0 Å². The van der Waals surface area contributed by atoms with E-state index in [1.54, 1.807) is 13.2 Å². The number of nitrogens with one attached hydrogen (secondary N) is 1. The molecular weight excluding hydrogens is 364 g/mol. The molecule has 2 aromatic carbocycles. The number of nitrogens with zero attached hydrogens (tertiary/aromatic N) is 1. The van der Waals surface area contributed by atoms with Crippen LogP contribution < -0.4 is 14.4 Å². The monoisotopic (exact) mass is 390 g/mol. The van der Waals surface area contributed by atoms with E-state index in [4.69, 9.17) is 4.74 Å². The van der Waals surface area contributed by atoms with Crippen molar-refractivity contribution in [3.63, 3.8) is 0 Å². The Morgan fingerprint density at radius 3 is 2.37 bits per heavy atom. The molecule has 0 radical (unpaired) electrons. The first kappa shape index (κ1) is 20.8. The second-order valence-electron chi connectivity index (χ2n) is 6.51. The molecule has 2 rings (SSSR count). The Balaban J connectivity index is 2.00. The third-order valence-corrected chi connectivity index (χ3v) is 5.34. The third-order valence-electron chi connectivity index (χ3n) is 4.22. The first-order valence-electron chi connectivity index (χ1n) is 8.65. The number of hydrogen-bond donors (Lipinski definition) is 1. The largest absolute Gasteiger partial charge is 0.497 e. The SMILES string of the molecule is COc1ccc(CCNC(=O)CN(c2cc(C)ccc2C)S(C)(=O)=O)cc1. The van der Waals surface area contributed by atoms with Gasteiger partial charge in [-0.1, -0.05) is 24.3 Å². The Morgan fingerprint density at radius 2 is 1.78 bits per heavy atom. The summed E-state index contributed by atoms with van der Waals surface area (Å²) >= 11 is 0. The smallest absolute Gasteiger partial charge is 0.240 e. The van der Waals surface area contributed by atoms with E-state index in [-0.39, 0.29) is 12.5 Å². The second-order valence-corrected chi connectivity index (χ2v) is 8.41. The Kier molecular flexibility index (Phi) is 6.85. The third kappa shape index (κ3) is 5.99. The molecule has 0 aliphatic carbocycles. The molecule has 0 heterocycles. The molecule has 0 fully saturated rings. The van der Waals surface area contributed by atoms with Crippen LogP contribution in [0, 0.1) is 13.8 Å². The number of methoxy groups -OCH3 is 1. The van der Waals surface area contributed by atoms with E-state index in [0.717, 1.165) is 33.0 Å². The number of ether oxygens (including phenoxy) is 1. The highest BCUT2D eigenvalue weighted by Gasteiger charge is 2.22. The van der Waals surface area contributed by atoms with Gasteiger partial charge < -0.3 is 10.1 Å². The fourth-order valence-electron chi connectivity index (χ4n) is 2.69. The molecule has 0 atom stereocenters. The summed E-state index contributed by atoms with van der Waals surface area (Å²) in [6.07, 6.45) is 1.76. The fourth-order valence-corrected chi connectivity index (χ4v) is 3.60. The number of amides is 1. The van der Waals surface area contributed by atoms with Gasteiger partial charge in [-0.05, 0) is 55.2 Å². The molecule has 6 nitrogen and oxygen atoms in total. The number of aryl methyl sites for hydroxylation is 2. The van der Waals surface area contributed by atoms with E-state index in [1.807, 2.05) is 50.2 Å². The summed E-state index contributed by atoms with van der Waals surface area (Å²) in [6.45, 7) is 3.90. The minimum absolute atomic E-state index is 0.244. The van der Waals surface area contributed by atoms with Gasteiger partial charge in [0.15, 0.2) is 0 Å². The van der Waals surface area contributed by atoms with Gasteiger partial charge in [0.05, 0.1) is 19.1 Å². The molecule has 0 bridgehead atoms. The van der Waals surface area contributed by atoms with Crippen molar-refractivity contribution in [1.82, 2.24) is 5.32 Å². The molecule has 0 aliphatic heterocycles. The minimum Gasteiger partial charge on any atom is -0.497 e. The molecule has 1 amide bonds. The van der Waals surface area contributed by atoms with Crippen molar-refractivity contribution in [3.8, 4) is 5.75 Å². The van der Waals surface area contributed by atoms with Gasteiger partial charge >= 0.3 is 0 Å². The van der Waals surface area contributed by atoms with Crippen molar-refractivity contribution >= 4 is 21.6 Å². The number of anilines is 1. The molecule has 0 saturated heterocycles. The predicted octanol–water partition coefficient (Wildman–Crippen LogP) is 2.44. The van der Waals surface area contributed by atoms with Gasteiger partial charge in [0.2, 0.25) is 15.9 Å². The summed E-state index contributed by atoms with van der Waals surface area (Å²) < 4.78 is 30.7. The van der Waals surface area contributed by atoms with Crippen LogP contribution in [0.2, 0.25) is 0 Å². The fraction of sp³-hybridized carbons (Fsp3) is 0.350. The topological polar surface area (TPSA) is 75.7 Å². The van der Waals surface area contributed by atoms with Crippen LogP contribution in [0.1, 0.15) is 16.7 Å². The lowest BCUT2D eigenvalue weighted by atomic mass is 10.1. The van der Waals surface area contributed by atoms with Gasteiger partial charge in [-0.3, -0.25) is 9.10 Å². The van der Waals surface area contributed by atoms with Crippen LogP contribution in [-0.2, 0) is 21.2 Å². The number of benzene rings is 2. The molecule has 0 aromatic heterocycles. The predicted molar refractivity (Wildman–Crippen MR) is 108 cm³/mol. The van der Waals surface area contributed by atoms with E-state index in [0.29, 0.717) is 18.7 Å². The van der Waals surface area contributed by atoms with Crippen LogP contribution in [0.25, 0.3) is 0 Å². The van der Waals surface area contributed by atoms with E-state index < -0.39 is 10.0 Å². The minimum atomic E-state index is -3.58. The lowest BCUT2D eigenvalue weighted by Gasteiger charge is -2.24. The van der Waals surface area contributed by atoms with Gasteiger partial charge in [-0.25, -0.2) is 8.42 Å². The second kappa shape index (κ2) is 8.90. The van der Waals surface area contributed by atoms with Crippen molar-refractivity contribution in [2.75, 3.05) is 30.8 Å². The zero-order valence-corrected chi connectivity index (χ0v) is 17.0. The van der Waals surface area contributed by atoms with Crippen LogP contribution in [0.15, 0.2) is 42.5 Å². The highest BCUT2D eigenvalue weighted by Crippen LogP contribution is 2.23. The normalized spacial score (nSPS) is 11.1. The van der Waals surface area contributed by atoms with Crippen molar-refractivity contribution in [1.29, 1.82) is 0 Å². The molecule has 0 aliphatic rings. The standard InChI is InChI=1S/C20H26N2O4S/c1-15-5-6-16(2)19(13-15)22(27(4,24)25)14-20(23)21-12-11-17-7-9-18(26-3)10-8-17/h5-10,13H,11-12,14H2,1-4H3,(H,21,23). The Bertz CT molecular complexity index is 893. The maximum Gasteiger partial charge on any atom is 0.240 e. The van der Waals surface area contributed by atoms with E-state index in [2.05, 4.69) is 5.32 Å². The Labute approximate surface area is 161 Å². The molecule has 146 valence electrons. The average molecular weight is 391 g/mol. The summed E-state index contributed by atoms with van der Waals surface area (Å²) in [4.78, 5) is 12.3. The maximum absolute atomic E-state index is 12.3. The molecule has 27 heavy (non-hydrogen) atoms. The molecule has 0 saturated carbocycles. The number of sulfonamides is 1. The van der Waals surface area contributed by atoms with Crippen molar-refractivity contribution in [2.24, 2.45) is 0 Å². The van der Waals surface area contributed by atoms with Gasteiger partial charge in [-0.2, -0.15) is 0 Å². The van der Waals surface area contributed by atoms with Crippen LogP contribution >= 0.6 is 0 Å². The average Bonchev–Trinajstić information content (AvgIpc) is 2.61. The number of carbonyl (C=O) groups is 1. The lowest BCUT2D eigenvalue weighted by Crippen LogP contribution is -2.41. The number of rotatable bonds is 8. The lowest BCUT2D eigenvalue weighted by molar-refractivity contribution is -0.119. The zero-order valence-electron chi connectivity index (χ0n) is 16.2. The molecular formula is C20H26N2O4S. The summed E-state index contributed by atoms with van der Waals surface area (Å²) in [5.41, 5.74) is 3.33. The Hall–Kier alpha value is -2.54. The first-order valence-corrected chi connectivity index (χ1v) is 10.5. The van der Waals surface area contributed by atoms with E-state index >= 15 is 0 Å². The highest BCUT2D eigenvalue weighted by atomic mass is 32.2. The van der Waals surface area contributed by atoms with Gasteiger partial charge in [0, 0.05) is 6.54 Å². The maximum atomic E-state index is 12.3. The summed E-state index contributed by atoms with van der Waals surface area (Å²) in [6, 6.07) is 13.1. The van der Waals surface area contributed by atoms with Crippen molar-refractivity contribution < 1.29 is 17.9 Å². The Morgan fingerprint density at radius 1 is 1.11 bits per heavy atom. The van der Waals surface area contributed by atoms with Gasteiger partial charge in [-0.15, -0.1) is 0 Å². The van der Waals surface area contributed by atoms with E-state index in [9.17, 15) is 13.2 Å². The summed E-state index contributed by atoms with van der Waals surface area (Å²) in [5, 5.41) is 2.79. The number of carbonyl (C=O) groups excluding carboxylic acids is 1. The summed E-state index contributed by atoms with van der Waals surface area (Å²) in [5.74, 6) is 0.440. The number of hydrogen-bond acceptors (Lipinski definition) is 4. The molecule has 1 N–H and O–H groups in total. The van der Waals surface area contributed by atoms with Gasteiger partial charge in [0.25, 0.3) is 0 Å². The van der Waals surface area contributed by atoms with Crippen LogP contribution in [0.4, 0.5) is 5.69 Å². The van der Waals surface area contributed by atoms with Gasteiger partial charge in [0.1, 0.15) is 12.3 Å².